The molecular weight excluding hydrogens is 258 g/mol. The molecule has 2 aromatic rings. The van der Waals surface area contributed by atoms with Crippen molar-refractivity contribution in [3.05, 3.63) is 75.9 Å². The quantitative estimate of drug-likeness (QED) is 0.473. The number of carbonyl (C=O) groups excluding carboxylic acids is 1. The predicted molar refractivity (Wildman–Crippen MR) is 85.0 cm³/mol. The molecule has 0 aromatic heterocycles. The highest BCUT2D eigenvalue weighted by molar-refractivity contribution is 6.14. The van der Waals surface area contributed by atoms with E-state index < -0.39 is 0 Å². The molecule has 0 aliphatic carbocycles. The molecular formula is C19H17NO. The topological polar surface area (TPSA) is 40.9 Å². The van der Waals surface area contributed by atoms with E-state index in [-0.39, 0.29) is 11.4 Å². The molecule has 0 N–H and O–H groups in total. The monoisotopic (exact) mass is 275 g/mol. The first-order valence-electron chi connectivity index (χ1n) is 6.81. The van der Waals surface area contributed by atoms with E-state index in [2.05, 4.69) is 0 Å². The van der Waals surface area contributed by atoms with Crippen molar-refractivity contribution in [3.63, 3.8) is 0 Å². The molecule has 0 heterocycles. The standard InChI is InChI=1S/C19H17NO/c1-13-5-4-6-17(10-13)19(21)18(12-20)11-16-8-7-14(2)9-15(16)3/h4-11H,1-3H3/b18-11+. The fourth-order valence-corrected chi connectivity index (χ4v) is 2.23. The number of carbonyl (C=O) groups is 1. The number of nitrogens with zero attached hydrogens (tertiary/aromatic N) is 1. The Bertz CT molecular complexity index is 763. The molecule has 0 spiro atoms. The molecule has 0 radical (unpaired) electrons. The minimum absolute atomic E-state index is 0.160. The lowest BCUT2D eigenvalue weighted by atomic mass is 9.98. The van der Waals surface area contributed by atoms with E-state index in [4.69, 9.17) is 0 Å². The van der Waals surface area contributed by atoms with Crippen LogP contribution in [0.3, 0.4) is 0 Å². The van der Waals surface area contributed by atoms with Crippen LogP contribution in [0.4, 0.5) is 0 Å². The summed E-state index contributed by atoms with van der Waals surface area (Å²) in [6, 6.07) is 15.3. The van der Waals surface area contributed by atoms with Gasteiger partial charge in [-0.1, -0.05) is 47.5 Å². The Morgan fingerprint density at radius 1 is 1.05 bits per heavy atom. The van der Waals surface area contributed by atoms with Gasteiger partial charge < -0.3 is 0 Å². The van der Waals surface area contributed by atoms with E-state index in [1.807, 2.05) is 57.2 Å². The van der Waals surface area contributed by atoms with Crippen LogP contribution in [0, 0.1) is 32.1 Å². The summed E-state index contributed by atoms with van der Waals surface area (Å²) in [6.07, 6.45) is 1.67. The van der Waals surface area contributed by atoms with Gasteiger partial charge in [-0.25, -0.2) is 0 Å². The van der Waals surface area contributed by atoms with Crippen LogP contribution in [0.2, 0.25) is 0 Å². The number of benzene rings is 2. The summed E-state index contributed by atoms with van der Waals surface area (Å²) in [5.41, 5.74) is 4.83. The number of nitriles is 1. The van der Waals surface area contributed by atoms with Gasteiger partial charge in [-0.2, -0.15) is 5.26 Å². The van der Waals surface area contributed by atoms with Gasteiger partial charge in [0.25, 0.3) is 0 Å². The first kappa shape index (κ1) is 14.7. The molecule has 21 heavy (non-hydrogen) atoms. The van der Waals surface area contributed by atoms with Crippen molar-refractivity contribution in [3.8, 4) is 6.07 Å². The van der Waals surface area contributed by atoms with Crippen molar-refractivity contribution < 1.29 is 4.79 Å². The number of aryl methyl sites for hydroxylation is 3. The molecule has 104 valence electrons. The van der Waals surface area contributed by atoms with Crippen LogP contribution < -0.4 is 0 Å². The van der Waals surface area contributed by atoms with Crippen LogP contribution in [0.25, 0.3) is 6.08 Å². The third-order valence-corrected chi connectivity index (χ3v) is 3.37. The highest BCUT2D eigenvalue weighted by Gasteiger charge is 2.12. The SMILES string of the molecule is Cc1cccc(C(=O)/C(C#N)=C/c2ccc(C)cc2C)c1. The highest BCUT2D eigenvalue weighted by atomic mass is 16.1. The normalized spacial score (nSPS) is 11.0. The Balaban J connectivity index is 2.42. The van der Waals surface area contributed by atoms with Crippen molar-refractivity contribution in [1.82, 2.24) is 0 Å². The summed E-state index contributed by atoms with van der Waals surface area (Å²) >= 11 is 0. The van der Waals surface area contributed by atoms with Gasteiger partial charge >= 0.3 is 0 Å². The maximum absolute atomic E-state index is 12.4. The van der Waals surface area contributed by atoms with Crippen molar-refractivity contribution >= 4 is 11.9 Å². The molecule has 2 heteroatoms. The highest BCUT2D eigenvalue weighted by Crippen LogP contribution is 2.17. The summed E-state index contributed by atoms with van der Waals surface area (Å²) in [4.78, 5) is 12.4. The van der Waals surface area contributed by atoms with Gasteiger partial charge in [-0.15, -0.1) is 0 Å². The van der Waals surface area contributed by atoms with Gasteiger partial charge in [-0.05, 0) is 44.0 Å². The van der Waals surface area contributed by atoms with Crippen LogP contribution in [-0.4, -0.2) is 5.78 Å². The van der Waals surface area contributed by atoms with E-state index in [1.165, 1.54) is 0 Å². The zero-order chi connectivity index (χ0) is 15.4. The van der Waals surface area contributed by atoms with Crippen molar-refractivity contribution in [2.45, 2.75) is 20.8 Å². The van der Waals surface area contributed by atoms with Crippen molar-refractivity contribution in [2.75, 3.05) is 0 Å². The van der Waals surface area contributed by atoms with Crippen LogP contribution in [-0.2, 0) is 0 Å². The smallest absolute Gasteiger partial charge is 0.203 e. The third kappa shape index (κ3) is 3.46. The molecule has 0 amide bonds. The molecule has 2 rings (SSSR count). The Kier molecular flexibility index (Phi) is 4.35. The molecule has 0 saturated carbocycles. The minimum atomic E-state index is -0.235. The van der Waals surface area contributed by atoms with Crippen molar-refractivity contribution in [1.29, 1.82) is 5.26 Å². The van der Waals surface area contributed by atoms with Crippen LogP contribution in [0.1, 0.15) is 32.6 Å². The molecule has 0 saturated heterocycles. The van der Waals surface area contributed by atoms with Gasteiger partial charge in [0.2, 0.25) is 5.78 Å². The summed E-state index contributed by atoms with van der Waals surface area (Å²) in [5.74, 6) is -0.235. The van der Waals surface area contributed by atoms with E-state index >= 15 is 0 Å². The maximum atomic E-state index is 12.4. The third-order valence-electron chi connectivity index (χ3n) is 3.37. The number of hydrogen-bond acceptors (Lipinski definition) is 2. The molecule has 2 aromatic carbocycles. The predicted octanol–water partition coefficient (Wildman–Crippen LogP) is 4.40. The van der Waals surface area contributed by atoms with E-state index in [9.17, 15) is 10.1 Å². The number of Topliss-reactive ketones (excluding diaryl/α,β-unsaturated/α-hetero) is 1. The first-order valence-corrected chi connectivity index (χ1v) is 6.81. The number of hydrogen-bond donors (Lipinski definition) is 0. The summed E-state index contributed by atoms with van der Waals surface area (Å²) in [5, 5.41) is 9.29. The zero-order valence-corrected chi connectivity index (χ0v) is 12.5. The lowest BCUT2D eigenvalue weighted by Crippen LogP contribution is -2.02. The van der Waals surface area contributed by atoms with E-state index in [0.29, 0.717) is 5.56 Å². The Labute approximate surface area is 125 Å². The summed E-state index contributed by atoms with van der Waals surface area (Å²) in [7, 11) is 0. The van der Waals surface area contributed by atoms with Crippen molar-refractivity contribution in [2.24, 2.45) is 0 Å². The fraction of sp³-hybridized carbons (Fsp3) is 0.158. The average molecular weight is 275 g/mol. The lowest BCUT2D eigenvalue weighted by molar-refractivity contribution is 0.104. The number of allylic oxidation sites excluding steroid dienone is 1. The number of ketones is 1. The molecule has 0 atom stereocenters. The van der Waals surface area contributed by atoms with Gasteiger partial charge in [0.1, 0.15) is 11.6 Å². The molecule has 2 nitrogen and oxygen atoms in total. The summed E-state index contributed by atoms with van der Waals surface area (Å²) < 4.78 is 0. The van der Waals surface area contributed by atoms with Crippen LogP contribution in [0.5, 0.6) is 0 Å². The van der Waals surface area contributed by atoms with Gasteiger partial charge in [0, 0.05) is 5.56 Å². The molecule has 0 unspecified atom stereocenters. The molecule has 0 bridgehead atoms. The lowest BCUT2D eigenvalue weighted by Gasteiger charge is -2.04. The van der Waals surface area contributed by atoms with Gasteiger partial charge in [0.05, 0.1) is 0 Å². The average Bonchev–Trinajstić information content (AvgIpc) is 2.46. The van der Waals surface area contributed by atoms with Crippen LogP contribution in [0.15, 0.2) is 48.0 Å². The van der Waals surface area contributed by atoms with Gasteiger partial charge in [0.15, 0.2) is 0 Å². The Morgan fingerprint density at radius 2 is 1.76 bits per heavy atom. The second-order valence-electron chi connectivity index (χ2n) is 5.23. The van der Waals surface area contributed by atoms with E-state index in [1.54, 1.807) is 18.2 Å². The maximum Gasteiger partial charge on any atom is 0.203 e. The van der Waals surface area contributed by atoms with Crippen LogP contribution >= 0.6 is 0 Å². The minimum Gasteiger partial charge on any atom is -0.288 e. The zero-order valence-electron chi connectivity index (χ0n) is 12.5. The van der Waals surface area contributed by atoms with Gasteiger partial charge in [-0.3, -0.25) is 4.79 Å². The molecule has 0 aliphatic rings. The second-order valence-corrected chi connectivity index (χ2v) is 5.23. The van der Waals surface area contributed by atoms with E-state index in [0.717, 1.165) is 22.3 Å². The molecule has 0 aliphatic heterocycles. The number of rotatable bonds is 3. The second kappa shape index (κ2) is 6.19. The molecule has 0 fully saturated rings. The Hall–Kier alpha value is -2.66. The fourth-order valence-electron chi connectivity index (χ4n) is 2.23. The first-order chi connectivity index (χ1) is 10.0. The summed E-state index contributed by atoms with van der Waals surface area (Å²) in [6.45, 7) is 5.92. The largest absolute Gasteiger partial charge is 0.288 e. The Morgan fingerprint density at radius 3 is 2.38 bits per heavy atom.